The summed E-state index contributed by atoms with van der Waals surface area (Å²) in [7, 11) is 1.78. The standard InChI is InChI=1S/C17H24N4S/c1-17(2,3)14-12-22-15(21-14)11-20-16(18-4)19-10-13-8-6-5-7-9-13/h5-9,12H,10-11H2,1-4H3,(H2,18,19,20). The van der Waals surface area contributed by atoms with Crippen LogP contribution in [0, 0.1) is 0 Å². The Balaban J connectivity index is 1.85. The highest BCUT2D eigenvalue weighted by molar-refractivity contribution is 7.09. The maximum atomic E-state index is 4.68. The second-order valence-electron chi connectivity index (χ2n) is 6.14. The van der Waals surface area contributed by atoms with Crippen LogP contribution in [0.1, 0.15) is 37.0 Å². The number of benzene rings is 1. The molecule has 2 N–H and O–H groups in total. The van der Waals surface area contributed by atoms with Gasteiger partial charge in [0.25, 0.3) is 0 Å². The van der Waals surface area contributed by atoms with E-state index in [0.717, 1.165) is 23.2 Å². The van der Waals surface area contributed by atoms with Crippen LogP contribution in [0.2, 0.25) is 0 Å². The molecule has 0 unspecified atom stereocenters. The molecule has 22 heavy (non-hydrogen) atoms. The van der Waals surface area contributed by atoms with E-state index >= 15 is 0 Å². The number of aromatic nitrogens is 1. The summed E-state index contributed by atoms with van der Waals surface area (Å²) < 4.78 is 0. The summed E-state index contributed by atoms with van der Waals surface area (Å²) in [4.78, 5) is 8.92. The molecule has 0 atom stereocenters. The summed E-state index contributed by atoms with van der Waals surface area (Å²) in [5, 5.41) is 9.83. The maximum absolute atomic E-state index is 4.68. The van der Waals surface area contributed by atoms with E-state index in [2.05, 4.69) is 58.9 Å². The van der Waals surface area contributed by atoms with Gasteiger partial charge in [-0.2, -0.15) is 0 Å². The van der Waals surface area contributed by atoms with Crippen LogP contribution in [0.25, 0.3) is 0 Å². The maximum Gasteiger partial charge on any atom is 0.191 e. The summed E-state index contributed by atoms with van der Waals surface area (Å²) in [5.41, 5.74) is 2.47. The van der Waals surface area contributed by atoms with Gasteiger partial charge in [-0.15, -0.1) is 11.3 Å². The zero-order valence-corrected chi connectivity index (χ0v) is 14.5. The number of thiazole rings is 1. The molecule has 1 heterocycles. The number of nitrogens with one attached hydrogen (secondary N) is 2. The molecular weight excluding hydrogens is 292 g/mol. The van der Waals surface area contributed by atoms with Crippen LogP contribution in [0.3, 0.4) is 0 Å². The normalized spacial score (nSPS) is 12.3. The predicted molar refractivity (Wildman–Crippen MR) is 94.3 cm³/mol. The first kappa shape index (κ1) is 16.5. The highest BCUT2D eigenvalue weighted by Crippen LogP contribution is 2.23. The van der Waals surface area contributed by atoms with Crippen LogP contribution in [-0.2, 0) is 18.5 Å². The molecule has 0 bridgehead atoms. The molecule has 4 nitrogen and oxygen atoms in total. The molecule has 0 aliphatic rings. The Morgan fingerprint density at radius 3 is 2.41 bits per heavy atom. The van der Waals surface area contributed by atoms with Gasteiger partial charge in [0.1, 0.15) is 5.01 Å². The van der Waals surface area contributed by atoms with Gasteiger partial charge >= 0.3 is 0 Å². The first-order chi connectivity index (χ1) is 10.5. The van der Waals surface area contributed by atoms with Gasteiger partial charge < -0.3 is 10.6 Å². The SMILES string of the molecule is CN=C(NCc1ccccc1)NCc1nc(C(C)(C)C)cs1. The van der Waals surface area contributed by atoms with Crippen LogP contribution < -0.4 is 10.6 Å². The van der Waals surface area contributed by atoms with Gasteiger partial charge in [0.15, 0.2) is 5.96 Å². The Labute approximate surface area is 136 Å². The molecule has 0 fully saturated rings. The highest BCUT2D eigenvalue weighted by Gasteiger charge is 2.17. The quantitative estimate of drug-likeness (QED) is 0.672. The van der Waals surface area contributed by atoms with Crippen molar-refractivity contribution in [1.82, 2.24) is 15.6 Å². The predicted octanol–water partition coefficient (Wildman–Crippen LogP) is 3.31. The molecule has 5 heteroatoms. The lowest BCUT2D eigenvalue weighted by Crippen LogP contribution is -2.36. The van der Waals surface area contributed by atoms with Crippen LogP contribution >= 0.6 is 11.3 Å². The molecule has 118 valence electrons. The topological polar surface area (TPSA) is 49.3 Å². The fourth-order valence-corrected chi connectivity index (χ4v) is 2.86. The van der Waals surface area contributed by atoms with Gasteiger partial charge in [-0.25, -0.2) is 4.98 Å². The van der Waals surface area contributed by atoms with Crippen LogP contribution in [0.5, 0.6) is 0 Å². The molecule has 1 aromatic heterocycles. The molecule has 0 saturated heterocycles. The summed E-state index contributed by atoms with van der Waals surface area (Å²) in [6, 6.07) is 10.3. The Hall–Kier alpha value is -1.88. The van der Waals surface area contributed by atoms with Crippen molar-refractivity contribution in [2.45, 2.75) is 39.3 Å². The first-order valence-electron chi connectivity index (χ1n) is 7.42. The van der Waals surface area contributed by atoms with Crippen molar-refractivity contribution < 1.29 is 0 Å². The third-order valence-electron chi connectivity index (χ3n) is 3.25. The van der Waals surface area contributed by atoms with Crippen molar-refractivity contribution in [3.05, 3.63) is 52.0 Å². The summed E-state index contributed by atoms with van der Waals surface area (Å²) in [6.45, 7) is 7.99. The van der Waals surface area contributed by atoms with Crippen molar-refractivity contribution in [3.8, 4) is 0 Å². The summed E-state index contributed by atoms with van der Waals surface area (Å²) in [6.07, 6.45) is 0. The van der Waals surface area contributed by atoms with Gasteiger partial charge in [-0.3, -0.25) is 4.99 Å². The average Bonchev–Trinajstić information content (AvgIpc) is 2.97. The third kappa shape index (κ3) is 4.84. The lowest BCUT2D eigenvalue weighted by atomic mass is 9.93. The summed E-state index contributed by atoms with van der Waals surface area (Å²) >= 11 is 1.69. The van der Waals surface area contributed by atoms with E-state index in [1.807, 2.05) is 18.2 Å². The number of hydrogen-bond donors (Lipinski definition) is 2. The number of aliphatic imine (C=N–C) groups is 1. The Bertz CT molecular complexity index is 611. The van der Waals surface area contributed by atoms with E-state index in [4.69, 9.17) is 0 Å². The lowest BCUT2D eigenvalue weighted by Gasteiger charge is -2.14. The number of guanidine groups is 1. The van der Waals surface area contributed by atoms with Crippen LogP contribution in [0.4, 0.5) is 0 Å². The Morgan fingerprint density at radius 1 is 1.14 bits per heavy atom. The monoisotopic (exact) mass is 316 g/mol. The van der Waals surface area contributed by atoms with Crippen molar-refractivity contribution in [3.63, 3.8) is 0 Å². The van der Waals surface area contributed by atoms with Gasteiger partial charge in [-0.05, 0) is 5.56 Å². The van der Waals surface area contributed by atoms with Crippen molar-refractivity contribution in [2.75, 3.05) is 7.05 Å². The van der Waals surface area contributed by atoms with Gasteiger partial charge in [0.2, 0.25) is 0 Å². The highest BCUT2D eigenvalue weighted by atomic mass is 32.1. The van der Waals surface area contributed by atoms with Gasteiger partial charge in [0, 0.05) is 24.4 Å². The zero-order valence-electron chi connectivity index (χ0n) is 13.7. The zero-order chi connectivity index (χ0) is 16.0. The molecule has 2 aromatic rings. The first-order valence-corrected chi connectivity index (χ1v) is 8.30. The van der Waals surface area contributed by atoms with Crippen molar-refractivity contribution in [1.29, 1.82) is 0 Å². The fraction of sp³-hybridized carbons (Fsp3) is 0.412. The molecule has 1 aromatic carbocycles. The fourth-order valence-electron chi connectivity index (χ4n) is 1.90. The minimum absolute atomic E-state index is 0.0992. The molecule has 0 spiro atoms. The summed E-state index contributed by atoms with van der Waals surface area (Å²) in [5.74, 6) is 0.788. The lowest BCUT2D eigenvalue weighted by molar-refractivity contribution is 0.570. The van der Waals surface area contributed by atoms with Crippen molar-refractivity contribution >= 4 is 17.3 Å². The second-order valence-corrected chi connectivity index (χ2v) is 7.08. The molecular formula is C17H24N4S. The molecule has 0 saturated carbocycles. The van der Waals surface area contributed by atoms with Crippen LogP contribution in [0.15, 0.2) is 40.7 Å². The van der Waals surface area contributed by atoms with E-state index in [9.17, 15) is 0 Å². The smallest absolute Gasteiger partial charge is 0.191 e. The van der Waals surface area contributed by atoms with Crippen molar-refractivity contribution in [2.24, 2.45) is 4.99 Å². The molecule has 2 rings (SSSR count). The molecule has 0 aliphatic carbocycles. The minimum Gasteiger partial charge on any atom is -0.352 e. The number of nitrogens with zero attached hydrogens (tertiary/aromatic N) is 2. The van der Waals surface area contributed by atoms with E-state index in [-0.39, 0.29) is 5.41 Å². The minimum atomic E-state index is 0.0992. The molecule has 0 aliphatic heterocycles. The second kappa shape index (κ2) is 7.40. The van der Waals surface area contributed by atoms with E-state index in [1.165, 1.54) is 5.56 Å². The van der Waals surface area contributed by atoms with Gasteiger partial charge in [0.05, 0.1) is 12.2 Å². The number of hydrogen-bond acceptors (Lipinski definition) is 3. The molecule has 0 radical (unpaired) electrons. The number of rotatable bonds is 4. The Morgan fingerprint density at radius 2 is 1.82 bits per heavy atom. The average molecular weight is 316 g/mol. The molecule has 0 amide bonds. The van der Waals surface area contributed by atoms with Crippen LogP contribution in [-0.4, -0.2) is 18.0 Å². The van der Waals surface area contributed by atoms with E-state index in [1.54, 1.807) is 18.4 Å². The van der Waals surface area contributed by atoms with E-state index in [0.29, 0.717) is 6.54 Å². The largest absolute Gasteiger partial charge is 0.352 e. The van der Waals surface area contributed by atoms with E-state index < -0.39 is 0 Å². The van der Waals surface area contributed by atoms with Gasteiger partial charge in [-0.1, -0.05) is 51.1 Å². The third-order valence-corrected chi connectivity index (χ3v) is 4.10. The Kier molecular flexibility index (Phi) is 5.55.